The van der Waals surface area contributed by atoms with Crippen LogP contribution in [0, 0.1) is 6.92 Å². The van der Waals surface area contributed by atoms with Crippen molar-refractivity contribution < 1.29 is 19.2 Å². The quantitative estimate of drug-likeness (QED) is 0.441. The molecule has 122 valence electrons. The van der Waals surface area contributed by atoms with Crippen molar-refractivity contribution in [3.63, 3.8) is 0 Å². The Labute approximate surface area is 137 Å². The Morgan fingerprint density at radius 2 is 1.96 bits per heavy atom. The Morgan fingerprint density at radius 1 is 1.30 bits per heavy atom. The number of carbonyl (C=O) groups is 4. The molecule has 7 nitrogen and oxygen atoms in total. The van der Waals surface area contributed by atoms with Crippen LogP contribution < -0.4 is 0 Å². The lowest BCUT2D eigenvalue weighted by atomic mass is 10.3. The average molecular weight is 335 g/mol. The van der Waals surface area contributed by atoms with E-state index in [0.29, 0.717) is 11.4 Å². The molecule has 0 radical (unpaired) electrons. The molecule has 0 aliphatic carbocycles. The van der Waals surface area contributed by atoms with Gasteiger partial charge in [-0.1, -0.05) is 6.08 Å². The van der Waals surface area contributed by atoms with Crippen LogP contribution >= 0.6 is 11.3 Å². The molecule has 2 heterocycles. The van der Waals surface area contributed by atoms with Crippen molar-refractivity contribution in [2.75, 3.05) is 20.1 Å². The average Bonchev–Trinajstić information content (AvgIpc) is 3.00. The van der Waals surface area contributed by atoms with Gasteiger partial charge in [0.25, 0.3) is 0 Å². The third-order valence-corrected chi connectivity index (χ3v) is 4.52. The molecular formula is C15H17N3O4S. The van der Waals surface area contributed by atoms with Crippen LogP contribution in [0.15, 0.2) is 24.1 Å². The molecule has 0 atom stereocenters. The second-order valence-electron chi connectivity index (χ2n) is 5.15. The largest absolute Gasteiger partial charge is 0.339 e. The van der Waals surface area contributed by atoms with Crippen LogP contribution in [-0.4, -0.2) is 58.6 Å². The van der Waals surface area contributed by atoms with Crippen molar-refractivity contribution in [1.82, 2.24) is 14.7 Å². The van der Waals surface area contributed by atoms with Gasteiger partial charge in [0.1, 0.15) is 6.54 Å². The Balaban J connectivity index is 2.03. The zero-order valence-electron chi connectivity index (χ0n) is 12.9. The van der Waals surface area contributed by atoms with Gasteiger partial charge in [0.15, 0.2) is 0 Å². The van der Waals surface area contributed by atoms with E-state index < -0.39 is 30.3 Å². The van der Waals surface area contributed by atoms with Gasteiger partial charge in [-0.25, -0.2) is 9.69 Å². The number of aryl methyl sites for hydroxylation is 1. The number of rotatable bonds is 6. The number of carbonyl (C=O) groups excluding carboxylic acids is 4. The van der Waals surface area contributed by atoms with Gasteiger partial charge in [-0.2, -0.15) is 0 Å². The molecule has 2 rings (SSSR count). The minimum absolute atomic E-state index is 0.0572. The molecule has 0 N–H and O–H groups in total. The second-order valence-corrected chi connectivity index (χ2v) is 6.16. The SMILES string of the molecule is C=CCN1C(=O)C(=O)N(CC(=O)N(C)Cc2sccc2C)C1=O. The third-order valence-electron chi connectivity index (χ3n) is 3.51. The molecule has 23 heavy (non-hydrogen) atoms. The van der Waals surface area contributed by atoms with Crippen LogP contribution in [0.3, 0.4) is 0 Å². The summed E-state index contributed by atoms with van der Waals surface area (Å²) < 4.78 is 0. The minimum Gasteiger partial charge on any atom is -0.339 e. The molecule has 0 spiro atoms. The van der Waals surface area contributed by atoms with E-state index in [2.05, 4.69) is 6.58 Å². The minimum atomic E-state index is -0.981. The predicted molar refractivity (Wildman–Crippen MR) is 84.5 cm³/mol. The number of hydrogen-bond acceptors (Lipinski definition) is 5. The fourth-order valence-corrected chi connectivity index (χ4v) is 3.06. The molecule has 8 heteroatoms. The highest BCUT2D eigenvalue weighted by atomic mass is 32.1. The zero-order chi connectivity index (χ0) is 17.1. The van der Waals surface area contributed by atoms with Crippen LogP contribution in [-0.2, 0) is 20.9 Å². The van der Waals surface area contributed by atoms with E-state index in [9.17, 15) is 19.2 Å². The van der Waals surface area contributed by atoms with Gasteiger partial charge in [-0.05, 0) is 23.9 Å². The van der Waals surface area contributed by atoms with E-state index in [1.807, 2.05) is 18.4 Å². The molecule has 5 amide bonds. The predicted octanol–water partition coefficient (Wildman–Crippen LogP) is 0.992. The standard InChI is InChI=1S/C15H17N3O4S/c1-4-6-17-13(20)14(21)18(15(17)22)9-12(19)16(3)8-11-10(2)5-7-23-11/h4-5,7H,1,6,8-9H2,2-3H3. The number of amides is 5. The highest BCUT2D eigenvalue weighted by Crippen LogP contribution is 2.18. The Morgan fingerprint density at radius 3 is 2.52 bits per heavy atom. The summed E-state index contributed by atoms with van der Waals surface area (Å²) in [4.78, 5) is 51.7. The lowest BCUT2D eigenvalue weighted by Gasteiger charge is -2.20. The number of imide groups is 2. The normalized spacial score (nSPS) is 14.6. The first-order valence-electron chi connectivity index (χ1n) is 6.92. The lowest BCUT2D eigenvalue weighted by Crippen LogP contribution is -2.42. The first kappa shape index (κ1) is 16.9. The highest BCUT2D eigenvalue weighted by Gasteiger charge is 2.44. The van der Waals surface area contributed by atoms with E-state index in [-0.39, 0.29) is 6.54 Å². The van der Waals surface area contributed by atoms with Gasteiger partial charge in [0.05, 0.1) is 6.54 Å². The number of nitrogens with zero attached hydrogens (tertiary/aromatic N) is 3. The summed E-state index contributed by atoms with van der Waals surface area (Å²) in [7, 11) is 1.59. The molecule has 0 unspecified atom stereocenters. The molecule has 1 fully saturated rings. The van der Waals surface area contributed by atoms with Crippen LogP contribution in [0.1, 0.15) is 10.4 Å². The van der Waals surface area contributed by atoms with Gasteiger partial charge in [0.2, 0.25) is 5.91 Å². The zero-order valence-corrected chi connectivity index (χ0v) is 13.8. The summed E-state index contributed by atoms with van der Waals surface area (Å²) in [6.45, 7) is 5.27. The van der Waals surface area contributed by atoms with E-state index in [0.717, 1.165) is 15.3 Å². The first-order valence-corrected chi connectivity index (χ1v) is 7.80. The van der Waals surface area contributed by atoms with Crippen LogP contribution in [0.5, 0.6) is 0 Å². The van der Waals surface area contributed by atoms with Gasteiger partial charge in [-0.3, -0.25) is 19.3 Å². The smallest absolute Gasteiger partial charge is 0.335 e. The van der Waals surface area contributed by atoms with E-state index in [4.69, 9.17) is 0 Å². The lowest BCUT2D eigenvalue weighted by molar-refractivity contribution is -0.144. The molecule has 0 aromatic carbocycles. The molecule has 1 aromatic heterocycles. The van der Waals surface area contributed by atoms with Crippen LogP contribution in [0.4, 0.5) is 4.79 Å². The van der Waals surface area contributed by atoms with Crippen molar-refractivity contribution in [3.05, 3.63) is 34.5 Å². The molecule has 1 aliphatic rings. The van der Waals surface area contributed by atoms with Crippen LogP contribution in [0.2, 0.25) is 0 Å². The maximum atomic E-state index is 12.2. The summed E-state index contributed by atoms with van der Waals surface area (Å²) in [5.74, 6) is -2.32. The van der Waals surface area contributed by atoms with Crippen molar-refractivity contribution in [1.29, 1.82) is 0 Å². The summed E-state index contributed by atoms with van der Waals surface area (Å²) in [6, 6.07) is 1.17. The monoisotopic (exact) mass is 335 g/mol. The maximum absolute atomic E-state index is 12.2. The number of urea groups is 1. The Kier molecular flexibility index (Phi) is 4.95. The van der Waals surface area contributed by atoms with E-state index in [1.54, 1.807) is 7.05 Å². The van der Waals surface area contributed by atoms with Crippen molar-refractivity contribution >= 4 is 35.1 Å². The summed E-state index contributed by atoms with van der Waals surface area (Å²) >= 11 is 1.53. The second kappa shape index (κ2) is 6.74. The summed E-state index contributed by atoms with van der Waals surface area (Å²) in [5.41, 5.74) is 1.08. The maximum Gasteiger partial charge on any atom is 0.335 e. The summed E-state index contributed by atoms with van der Waals surface area (Å²) in [6.07, 6.45) is 1.35. The molecule has 0 saturated carbocycles. The summed E-state index contributed by atoms with van der Waals surface area (Å²) in [5, 5.41) is 1.93. The fraction of sp³-hybridized carbons (Fsp3) is 0.333. The van der Waals surface area contributed by atoms with E-state index in [1.165, 1.54) is 22.3 Å². The van der Waals surface area contributed by atoms with Crippen molar-refractivity contribution in [2.24, 2.45) is 0 Å². The molecule has 1 aromatic rings. The Bertz CT molecular complexity index is 682. The topological polar surface area (TPSA) is 78.0 Å². The highest BCUT2D eigenvalue weighted by molar-refractivity contribution is 7.10. The Hall–Kier alpha value is -2.48. The van der Waals surface area contributed by atoms with Gasteiger partial charge in [-0.15, -0.1) is 17.9 Å². The number of thiophene rings is 1. The molecular weight excluding hydrogens is 318 g/mol. The molecule has 0 bridgehead atoms. The number of likely N-dealkylation sites (N-methyl/N-ethyl adjacent to an activating group) is 1. The van der Waals surface area contributed by atoms with E-state index >= 15 is 0 Å². The number of hydrogen-bond donors (Lipinski definition) is 0. The van der Waals surface area contributed by atoms with Crippen molar-refractivity contribution in [3.8, 4) is 0 Å². The first-order chi connectivity index (χ1) is 10.9. The van der Waals surface area contributed by atoms with Gasteiger partial charge < -0.3 is 4.90 Å². The van der Waals surface area contributed by atoms with Crippen LogP contribution in [0.25, 0.3) is 0 Å². The van der Waals surface area contributed by atoms with Gasteiger partial charge in [0, 0.05) is 18.5 Å². The van der Waals surface area contributed by atoms with Gasteiger partial charge >= 0.3 is 17.8 Å². The fourth-order valence-electron chi connectivity index (χ4n) is 2.11. The molecule has 1 saturated heterocycles. The third kappa shape index (κ3) is 3.31. The van der Waals surface area contributed by atoms with Crippen molar-refractivity contribution in [2.45, 2.75) is 13.5 Å². The molecule has 1 aliphatic heterocycles.